The molecular formula is C24H25F2N5O. The van der Waals surface area contributed by atoms with Crippen molar-refractivity contribution >= 4 is 5.69 Å². The second kappa shape index (κ2) is 7.55. The van der Waals surface area contributed by atoms with Crippen LogP contribution >= 0.6 is 0 Å². The van der Waals surface area contributed by atoms with Crippen LogP contribution in [0.4, 0.5) is 14.5 Å². The summed E-state index contributed by atoms with van der Waals surface area (Å²) in [5.41, 5.74) is 5.06. The van der Waals surface area contributed by atoms with Gasteiger partial charge in [0.15, 0.2) is 0 Å². The van der Waals surface area contributed by atoms with Crippen molar-refractivity contribution in [2.24, 2.45) is 0 Å². The van der Waals surface area contributed by atoms with Crippen LogP contribution in [0.1, 0.15) is 31.2 Å². The number of alkyl halides is 2. The average molecular weight is 437 g/mol. The third-order valence-corrected chi connectivity index (χ3v) is 6.72. The van der Waals surface area contributed by atoms with Gasteiger partial charge in [0.1, 0.15) is 12.3 Å². The molecule has 2 aliphatic heterocycles. The number of hydrogen-bond donors (Lipinski definition) is 1. The number of piperidine rings is 1. The van der Waals surface area contributed by atoms with Crippen LogP contribution in [0.2, 0.25) is 0 Å². The first-order chi connectivity index (χ1) is 15.5. The Balaban J connectivity index is 1.11. The summed E-state index contributed by atoms with van der Waals surface area (Å²) in [5.74, 6) is -1.83. The van der Waals surface area contributed by atoms with Crippen LogP contribution < -0.4 is 15.0 Å². The molecule has 0 spiro atoms. The van der Waals surface area contributed by atoms with Crippen molar-refractivity contribution in [1.29, 1.82) is 0 Å². The normalized spacial score (nSPS) is 20.2. The van der Waals surface area contributed by atoms with Crippen LogP contribution in [0.5, 0.6) is 5.88 Å². The summed E-state index contributed by atoms with van der Waals surface area (Å²) in [6, 6.07) is 12.6. The summed E-state index contributed by atoms with van der Waals surface area (Å²) in [7, 11) is 0. The van der Waals surface area contributed by atoms with E-state index in [4.69, 9.17) is 9.84 Å². The van der Waals surface area contributed by atoms with Crippen LogP contribution in [0.3, 0.4) is 0 Å². The van der Waals surface area contributed by atoms with Gasteiger partial charge in [0.05, 0.1) is 11.3 Å². The van der Waals surface area contributed by atoms with Gasteiger partial charge in [0, 0.05) is 61.7 Å². The maximum Gasteiger partial charge on any atom is 0.251 e. The Labute approximate surface area is 185 Å². The number of benzene rings is 1. The highest BCUT2D eigenvalue weighted by molar-refractivity contribution is 5.69. The number of hydrogen-bond acceptors (Lipinski definition) is 5. The number of halogens is 2. The van der Waals surface area contributed by atoms with Gasteiger partial charge < -0.3 is 15.0 Å². The summed E-state index contributed by atoms with van der Waals surface area (Å²) >= 11 is 0. The molecule has 1 aromatic carbocycles. The fourth-order valence-electron chi connectivity index (χ4n) is 4.94. The zero-order valence-corrected chi connectivity index (χ0v) is 17.7. The summed E-state index contributed by atoms with van der Waals surface area (Å²) in [6.45, 7) is 2.33. The topological polar surface area (TPSA) is 55.2 Å². The van der Waals surface area contributed by atoms with E-state index in [0.29, 0.717) is 18.5 Å². The fraction of sp³-hybridized carbons (Fsp3) is 0.417. The van der Waals surface area contributed by atoms with Crippen LogP contribution in [0.15, 0.2) is 48.8 Å². The van der Waals surface area contributed by atoms with Crippen LogP contribution in [0.25, 0.3) is 16.9 Å². The van der Waals surface area contributed by atoms with Crippen molar-refractivity contribution < 1.29 is 13.5 Å². The molecular weight excluding hydrogens is 412 g/mol. The van der Waals surface area contributed by atoms with Crippen molar-refractivity contribution in [3.63, 3.8) is 0 Å². The first-order valence-electron chi connectivity index (χ1n) is 11.2. The molecule has 32 heavy (non-hydrogen) atoms. The quantitative estimate of drug-likeness (QED) is 0.664. The molecule has 0 amide bonds. The number of ether oxygens (including phenoxy) is 1. The van der Waals surface area contributed by atoms with E-state index in [1.165, 1.54) is 5.69 Å². The predicted molar refractivity (Wildman–Crippen MR) is 117 cm³/mol. The molecule has 1 aliphatic carbocycles. The van der Waals surface area contributed by atoms with Crippen LogP contribution in [-0.2, 0) is 6.61 Å². The molecule has 8 heteroatoms. The van der Waals surface area contributed by atoms with Gasteiger partial charge in [-0.05, 0) is 49.2 Å². The third-order valence-electron chi connectivity index (χ3n) is 6.72. The van der Waals surface area contributed by atoms with E-state index in [-0.39, 0.29) is 18.9 Å². The van der Waals surface area contributed by atoms with E-state index in [9.17, 15) is 8.78 Å². The minimum Gasteiger partial charge on any atom is -0.472 e. The molecule has 2 aromatic heterocycles. The second-order valence-corrected chi connectivity index (χ2v) is 9.00. The van der Waals surface area contributed by atoms with Gasteiger partial charge in [0.25, 0.3) is 5.92 Å². The van der Waals surface area contributed by atoms with E-state index in [0.717, 1.165) is 48.4 Å². The van der Waals surface area contributed by atoms with Gasteiger partial charge in [-0.25, -0.2) is 18.4 Å². The molecule has 3 aromatic rings. The SMILES string of the molecule is FC1(F)CC(NC2CCN(c3ccc(-n4cc5c(n4)-c4cccnc4OC5)cc3)CC2)C1. The van der Waals surface area contributed by atoms with Crippen LogP contribution in [-0.4, -0.2) is 45.9 Å². The van der Waals surface area contributed by atoms with Gasteiger partial charge in [-0.15, -0.1) is 0 Å². The molecule has 0 radical (unpaired) electrons. The van der Waals surface area contributed by atoms with Crippen LogP contribution in [0, 0.1) is 0 Å². The van der Waals surface area contributed by atoms with Gasteiger partial charge in [-0.3, -0.25) is 0 Å². The average Bonchev–Trinajstić information content (AvgIpc) is 3.24. The maximum atomic E-state index is 13.1. The van der Waals surface area contributed by atoms with Crippen molar-refractivity contribution in [2.75, 3.05) is 18.0 Å². The highest BCUT2D eigenvalue weighted by Gasteiger charge is 2.45. The molecule has 6 rings (SSSR count). The van der Waals surface area contributed by atoms with Gasteiger partial charge in [-0.1, -0.05) is 0 Å². The lowest BCUT2D eigenvalue weighted by molar-refractivity contribution is -0.0951. The van der Waals surface area contributed by atoms with Crippen molar-refractivity contribution in [2.45, 2.75) is 50.3 Å². The Morgan fingerprint density at radius 2 is 1.75 bits per heavy atom. The van der Waals surface area contributed by atoms with E-state index >= 15 is 0 Å². The largest absolute Gasteiger partial charge is 0.472 e. The van der Waals surface area contributed by atoms with Crippen molar-refractivity contribution in [3.05, 3.63) is 54.4 Å². The molecule has 0 unspecified atom stereocenters. The molecule has 3 aliphatic rings. The number of aromatic nitrogens is 3. The number of nitrogens with one attached hydrogen (secondary N) is 1. The van der Waals surface area contributed by atoms with Gasteiger partial charge in [-0.2, -0.15) is 5.10 Å². The molecule has 0 bridgehead atoms. The molecule has 6 nitrogen and oxygen atoms in total. The first kappa shape index (κ1) is 19.7. The number of rotatable bonds is 4. The van der Waals surface area contributed by atoms with Crippen molar-refractivity contribution in [3.8, 4) is 22.8 Å². The molecule has 0 atom stereocenters. The fourth-order valence-corrected chi connectivity index (χ4v) is 4.94. The Morgan fingerprint density at radius 1 is 1.00 bits per heavy atom. The standard InChI is InChI=1S/C24H25F2N5O/c25-24(26)12-18(13-24)28-17-7-10-30(11-8-17)19-3-5-20(6-4-19)31-14-16-15-32-23-21(22(16)29-31)2-1-9-27-23/h1-6,9,14,17-18,28H,7-8,10-13,15H2. The van der Waals surface area contributed by atoms with E-state index in [1.54, 1.807) is 6.20 Å². The lowest BCUT2D eigenvalue weighted by atomic mass is 9.87. The van der Waals surface area contributed by atoms with E-state index < -0.39 is 5.92 Å². The zero-order chi connectivity index (χ0) is 21.7. The Bertz CT molecular complexity index is 1110. The lowest BCUT2D eigenvalue weighted by Gasteiger charge is -2.41. The molecule has 1 saturated carbocycles. The second-order valence-electron chi connectivity index (χ2n) is 9.00. The molecule has 1 saturated heterocycles. The summed E-state index contributed by atoms with van der Waals surface area (Å²) < 4.78 is 33.7. The molecule has 1 N–H and O–H groups in total. The number of nitrogens with zero attached hydrogens (tertiary/aromatic N) is 4. The lowest BCUT2D eigenvalue weighted by Crippen LogP contribution is -2.54. The summed E-state index contributed by atoms with van der Waals surface area (Å²) in [4.78, 5) is 6.65. The molecule has 166 valence electrons. The maximum absolute atomic E-state index is 13.1. The number of pyridine rings is 1. The van der Waals surface area contributed by atoms with Gasteiger partial charge in [0.2, 0.25) is 5.88 Å². The molecule has 4 heterocycles. The highest BCUT2D eigenvalue weighted by atomic mass is 19.3. The molecule has 2 fully saturated rings. The van der Waals surface area contributed by atoms with E-state index in [2.05, 4.69) is 39.5 Å². The zero-order valence-electron chi connectivity index (χ0n) is 17.7. The minimum atomic E-state index is -2.46. The summed E-state index contributed by atoms with van der Waals surface area (Å²) in [5, 5.41) is 8.20. The first-order valence-corrected chi connectivity index (χ1v) is 11.2. The Hall–Kier alpha value is -3.00. The monoisotopic (exact) mass is 437 g/mol. The highest BCUT2D eigenvalue weighted by Crippen LogP contribution is 2.38. The smallest absolute Gasteiger partial charge is 0.251 e. The van der Waals surface area contributed by atoms with Gasteiger partial charge >= 0.3 is 0 Å². The number of anilines is 1. The predicted octanol–water partition coefficient (Wildman–Crippen LogP) is 4.18. The number of fused-ring (bicyclic) bond motifs is 3. The minimum absolute atomic E-state index is 0.0141. The summed E-state index contributed by atoms with van der Waals surface area (Å²) in [6.07, 6.45) is 5.66. The Kier molecular flexibility index (Phi) is 4.64. The van der Waals surface area contributed by atoms with E-state index in [1.807, 2.05) is 23.0 Å². The Morgan fingerprint density at radius 3 is 2.50 bits per heavy atom. The third kappa shape index (κ3) is 3.62. The van der Waals surface area contributed by atoms with Crippen molar-refractivity contribution in [1.82, 2.24) is 20.1 Å².